The van der Waals surface area contributed by atoms with Gasteiger partial charge < -0.3 is 39.9 Å². The summed E-state index contributed by atoms with van der Waals surface area (Å²) in [6.07, 6.45) is -2.47. The van der Waals surface area contributed by atoms with E-state index in [-0.39, 0.29) is 50.4 Å². The number of carbonyl (C=O) groups excluding carboxylic acids is 2. The van der Waals surface area contributed by atoms with Gasteiger partial charge in [0.05, 0.1) is 6.61 Å². The Bertz CT molecular complexity index is 807. The first-order chi connectivity index (χ1) is 17.2. The van der Waals surface area contributed by atoms with Gasteiger partial charge in [-0.2, -0.15) is 0 Å². The number of rotatable bonds is 7. The predicted octanol–water partition coefficient (Wildman–Crippen LogP) is 0.495. The molecule has 3 atom stereocenters. The number of likely N-dealkylation sites (N-methyl/N-ethyl adjacent to an activating group) is 1. The van der Waals surface area contributed by atoms with Crippen molar-refractivity contribution >= 4 is 11.8 Å². The monoisotopic (exact) mass is 509 g/mol. The lowest BCUT2D eigenvalue weighted by atomic mass is 10.1. The summed E-state index contributed by atoms with van der Waals surface area (Å²) in [6, 6.07) is 7.04. The molecule has 10 heteroatoms. The van der Waals surface area contributed by atoms with Gasteiger partial charge in [-0.05, 0) is 44.0 Å². The van der Waals surface area contributed by atoms with Gasteiger partial charge in [0.1, 0.15) is 30.7 Å². The first kappa shape index (κ1) is 30.0. The number of β-amino-alcohol motifs (C(OH)–C–C–N with tert-alkyl or cyclic N) is 1. The van der Waals surface area contributed by atoms with Crippen molar-refractivity contribution < 1.29 is 34.4 Å². The van der Waals surface area contributed by atoms with Crippen LogP contribution < -0.4 is 10.1 Å². The number of carbonyl (C=O) groups is 2. The van der Waals surface area contributed by atoms with Gasteiger partial charge >= 0.3 is 0 Å². The Hall–Kier alpha value is -2.24. The van der Waals surface area contributed by atoms with Crippen molar-refractivity contribution in [1.82, 2.24) is 15.1 Å². The molecule has 2 rings (SSSR count). The summed E-state index contributed by atoms with van der Waals surface area (Å²) in [5.41, 5.74) is 0.493. The molecule has 1 aromatic carbocycles. The number of hydrogen-bond acceptors (Lipinski definition) is 8. The average Bonchev–Trinajstić information content (AvgIpc) is 2.85. The quantitative estimate of drug-likeness (QED) is 0.391. The molecule has 0 bridgehead atoms. The lowest BCUT2D eigenvalue weighted by molar-refractivity contribution is -0.137. The smallest absolute Gasteiger partial charge is 0.254 e. The molecule has 0 saturated carbocycles. The lowest BCUT2D eigenvalue weighted by Gasteiger charge is -2.32. The number of ether oxygens (including phenoxy) is 2. The lowest BCUT2D eigenvalue weighted by Crippen LogP contribution is -2.50. The number of amides is 2. The zero-order valence-electron chi connectivity index (χ0n) is 21.8. The zero-order valence-corrected chi connectivity index (χ0v) is 21.8. The summed E-state index contributed by atoms with van der Waals surface area (Å²) in [6.45, 7) is 6.03. The number of aliphatic hydroxyl groups excluding tert-OH is 3. The third-order valence-corrected chi connectivity index (χ3v) is 6.02. The molecule has 1 heterocycles. The number of hydrogen-bond donors (Lipinski definition) is 4. The largest absolute Gasteiger partial charge is 0.492 e. The molecule has 1 fully saturated rings. The van der Waals surface area contributed by atoms with E-state index in [0.29, 0.717) is 50.5 Å². The van der Waals surface area contributed by atoms with Crippen molar-refractivity contribution in [3.8, 4) is 5.75 Å². The van der Waals surface area contributed by atoms with Gasteiger partial charge in [-0.15, -0.1) is 0 Å². The second-order valence-electron chi connectivity index (χ2n) is 9.62. The summed E-state index contributed by atoms with van der Waals surface area (Å²) in [5.74, 6) is 0.363. The van der Waals surface area contributed by atoms with Gasteiger partial charge in [-0.3, -0.25) is 9.59 Å². The third kappa shape index (κ3) is 10.0. The number of aliphatic hydroxyl groups is 3. The fraction of sp³-hybridized carbons (Fsp3) is 0.692. The molecule has 2 amide bonds. The maximum absolute atomic E-state index is 13.4. The molecule has 1 aliphatic heterocycles. The molecule has 0 aromatic heterocycles. The van der Waals surface area contributed by atoms with E-state index in [4.69, 9.17) is 9.47 Å². The van der Waals surface area contributed by atoms with Crippen LogP contribution in [-0.4, -0.2) is 115 Å². The van der Waals surface area contributed by atoms with E-state index in [1.165, 1.54) is 4.90 Å². The second-order valence-corrected chi connectivity index (χ2v) is 9.62. The maximum Gasteiger partial charge on any atom is 0.254 e. The van der Waals surface area contributed by atoms with E-state index in [1.54, 1.807) is 29.2 Å². The van der Waals surface area contributed by atoms with Crippen LogP contribution in [0.5, 0.6) is 5.75 Å². The number of nitrogens with one attached hydrogen (secondary N) is 1. The minimum absolute atomic E-state index is 0.107. The Morgan fingerprint density at radius 2 is 1.86 bits per heavy atom. The molecule has 0 aliphatic carbocycles. The number of benzene rings is 1. The van der Waals surface area contributed by atoms with Crippen molar-refractivity contribution in [1.29, 1.82) is 0 Å². The number of nitrogens with zero attached hydrogens (tertiary/aromatic N) is 2. The summed E-state index contributed by atoms with van der Waals surface area (Å²) < 4.78 is 11.2. The Morgan fingerprint density at radius 1 is 1.11 bits per heavy atom. The molecule has 0 spiro atoms. The van der Waals surface area contributed by atoms with E-state index >= 15 is 0 Å². The summed E-state index contributed by atoms with van der Waals surface area (Å²) in [5, 5.41) is 34.0. The van der Waals surface area contributed by atoms with E-state index in [2.05, 4.69) is 5.32 Å². The van der Waals surface area contributed by atoms with Gasteiger partial charge in [-0.25, -0.2) is 0 Å². The molecule has 0 radical (unpaired) electrons. The third-order valence-electron chi connectivity index (χ3n) is 6.02. The van der Waals surface area contributed by atoms with Crippen molar-refractivity contribution in [3.63, 3.8) is 0 Å². The van der Waals surface area contributed by atoms with Gasteiger partial charge in [0.25, 0.3) is 5.91 Å². The zero-order chi connectivity index (χ0) is 26.5. The minimum atomic E-state index is -1.45. The topological polar surface area (TPSA) is 132 Å². The SMILES string of the molecule is CNCCOc1cccc(C(=O)N2CCCCOC[C@@H](O)[C@H](O)[C@@H](O)CN(C(=O)CC(C)C)CC2)c1. The Labute approximate surface area is 214 Å². The fourth-order valence-electron chi connectivity index (χ4n) is 3.92. The summed E-state index contributed by atoms with van der Waals surface area (Å²) in [4.78, 5) is 29.5. The highest BCUT2D eigenvalue weighted by Crippen LogP contribution is 2.16. The summed E-state index contributed by atoms with van der Waals surface area (Å²) in [7, 11) is 1.84. The van der Waals surface area contributed by atoms with Crippen LogP contribution in [0.1, 0.15) is 43.5 Å². The van der Waals surface area contributed by atoms with Crippen LogP contribution in [0.25, 0.3) is 0 Å². The van der Waals surface area contributed by atoms with Crippen molar-refractivity contribution in [2.75, 3.05) is 59.6 Å². The van der Waals surface area contributed by atoms with E-state index in [9.17, 15) is 24.9 Å². The first-order valence-corrected chi connectivity index (χ1v) is 12.8. The van der Waals surface area contributed by atoms with Gasteiger partial charge in [-0.1, -0.05) is 19.9 Å². The van der Waals surface area contributed by atoms with Crippen LogP contribution in [0, 0.1) is 5.92 Å². The summed E-state index contributed by atoms with van der Waals surface area (Å²) >= 11 is 0. The van der Waals surface area contributed by atoms with E-state index in [1.807, 2.05) is 20.9 Å². The van der Waals surface area contributed by atoms with Crippen LogP contribution in [0.15, 0.2) is 24.3 Å². The molecule has 10 nitrogen and oxygen atoms in total. The molecular weight excluding hydrogens is 466 g/mol. The minimum Gasteiger partial charge on any atom is -0.492 e. The highest BCUT2D eigenvalue weighted by Gasteiger charge is 2.29. The van der Waals surface area contributed by atoms with E-state index in [0.717, 1.165) is 0 Å². The normalized spacial score (nSPS) is 22.8. The Balaban J connectivity index is 2.20. The molecular formula is C26H43N3O7. The standard InChI is InChI=1S/C26H43N3O7/c1-19(2)15-24(32)29-12-11-28(10-4-5-13-35-18-23(31)25(33)22(30)17-29)26(34)20-7-6-8-21(16-20)36-14-9-27-3/h6-8,16,19,22-23,25,27,30-31,33H,4-5,9-15,17-18H2,1-3H3/t22-,23+,25+/m0/s1. The van der Waals surface area contributed by atoms with Crippen molar-refractivity contribution in [3.05, 3.63) is 29.8 Å². The highest BCUT2D eigenvalue weighted by atomic mass is 16.5. The Kier molecular flexibility index (Phi) is 13.1. The van der Waals surface area contributed by atoms with Gasteiger partial charge in [0.15, 0.2) is 0 Å². The molecule has 4 N–H and O–H groups in total. The molecule has 204 valence electrons. The molecule has 36 heavy (non-hydrogen) atoms. The van der Waals surface area contributed by atoms with Crippen LogP contribution in [0.3, 0.4) is 0 Å². The average molecular weight is 510 g/mol. The van der Waals surface area contributed by atoms with Gasteiger partial charge in [0.2, 0.25) is 5.91 Å². The van der Waals surface area contributed by atoms with Crippen molar-refractivity contribution in [2.45, 2.75) is 51.4 Å². The Morgan fingerprint density at radius 3 is 2.58 bits per heavy atom. The molecule has 1 aliphatic rings. The fourth-order valence-corrected chi connectivity index (χ4v) is 3.92. The highest BCUT2D eigenvalue weighted by molar-refractivity contribution is 5.94. The predicted molar refractivity (Wildman–Crippen MR) is 136 cm³/mol. The van der Waals surface area contributed by atoms with Gasteiger partial charge in [0, 0.05) is 51.3 Å². The van der Waals surface area contributed by atoms with Crippen LogP contribution in [0.2, 0.25) is 0 Å². The van der Waals surface area contributed by atoms with E-state index < -0.39 is 18.3 Å². The molecule has 0 unspecified atom stereocenters. The second kappa shape index (κ2) is 15.8. The van der Waals surface area contributed by atoms with Crippen LogP contribution >= 0.6 is 0 Å². The van der Waals surface area contributed by atoms with Crippen LogP contribution in [0.4, 0.5) is 0 Å². The van der Waals surface area contributed by atoms with Crippen molar-refractivity contribution in [2.24, 2.45) is 5.92 Å². The maximum atomic E-state index is 13.4. The molecule has 1 aromatic rings. The molecule has 1 saturated heterocycles. The first-order valence-electron chi connectivity index (χ1n) is 12.8. The van der Waals surface area contributed by atoms with Crippen LogP contribution in [-0.2, 0) is 9.53 Å².